The fourth-order valence-electron chi connectivity index (χ4n) is 2.81. The SMILES string of the molecule is CCCn1nnnc1CSc1nc2sc(C)c(C[C@@H](C)CC)c2c(=O)[nH]1. The average Bonchev–Trinajstić information content (AvgIpc) is 3.18. The first kappa shape index (κ1) is 19.0. The van der Waals surface area contributed by atoms with Crippen LogP contribution in [-0.4, -0.2) is 30.2 Å². The van der Waals surface area contributed by atoms with E-state index >= 15 is 0 Å². The molecule has 3 aromatic heterocycles. The number of rotatable bonds is 8. The molecule has 7 nitrogen and oxygen atoms in total. The first-order valence-electron chi connectivity index (χ1n) is 8.93. The quantitative estimate of drug-likeness (QED) is 0.466. The van der Waals surface area contributed by atoms with Gasteiger partial charge in [0.1, 0.15) is 4.83 Å². The number of fused-ring (bicyclic) bond motifs is 1. The molecular formula is C17H24N6OS2. The molecule has 26 heavy (non-hydrogen) atoms. The van der Waals surface area contributed by atoms with Gasteiger partial charge in [-0.3, -0.25) is 4.79 Å². The summed E-state index contributed by atoms with van der Waals surface area (Å²) >= 11 is 3.06. The number of tetrazole rings is 1. The summed E-state index contributed by atoms with van der Waals surface area (Å²) in [4.78, 5) is 22.3. The number of hydrogen-bond donors (Lipinski definition) is 1. The molecule has 140 valence electrons. The molecule has 0 unspecified atom stereocenters. The molecule has 0 aromatic carbocycles. The van der Waals surface area contributed by atoms with Crippen LogP contribution in [0.3, 0.4) is 0 Å². The van der Waals surface area contributed by atoms with Crippen molar-refractivity contribution in [2.75, 3.05) is 0 Å². The number of nitrogens with one attached hydrogen (secondary N) is 1. The second kappa shape index (κ2) is 8.30. The van der Waals surface area contributed by atoms with Crippen molar-refractivity contribution in [3.63, 3.8) is 0 Å². The van der Waals surface area contributed by atoms with Crippen LogP contribution < -0.4 is 5.56 Å². The van der Waals surface area contributed by atoms with Crippen molar-refractivity contribution in [3.05, 3.63) is 26.6 Å². The fourth-order valence-corrected chi connectivity index (χ4v) is 4.71. The Hall–Kier alpha value is -1.74. The first-order chi connectivity index (χ1) is 12.5. The van der Waals surface area contributed by atoms with E-state index < -0.39 is 0 Å². The van der Waals surface area contributed by atoms with Crippen molar-refractivity contribution < 1.29 is 0 Å². The standard InChI is InChI=1S/C17H24N6OS2/c1-5-7-23-13(20-21-22-23)9-25-17-18-15(24)14-12(8-10(3)6-2)11(4)26-16(14)19-17/h10H,5-9H2,1-4H3,(H,18,19,24)/t10-/m0/s1. The maximum atomic E-state index is 12.7. The Morgan fingerprint density at radius 3 is 2.88 bits per heavy atom. The van der Waals surface area contributed by atoms with E-state index in [0.29, 0.717) is 16.8 Å². The molecule has 9 heteroatoms. The lowest BCUT2D eigenvalue weighted by Gasteiger charge is -2.08. The van der Waals surface area contributed by atoms with Crippen LogP contribution in [0.25, 0.3) is 10.2 Å². The highest BCUT2D eigenvalue weighted by Crippen LogP contribution is 2.30. The monoisotopic (exact) mass is 392 g/mol. The van der Waals surface area contributed by atoms with Crippen molar-refractivity contribution in [1.82, 2.24) is 30.2 Å². The Morgan fingerprint density at radius 1 is 1.35 bits per heavy atom. The summed E-state index contributed by atoms with van der Waals surface area (Å²) in [6.07, 6.45) is 2.99. The van der Waals surface area contributed by atoms with Crippen LogP contribution in [0.2, 0.25) is 0 Å². The molecule has 0 radical (unpaired) electrons. The van der Waals surface area contributed by atoms with Crippen LogP contribution >= 0.6 is 23.1 Å². The zero-order valence-corrected chi connectivity index (χ0v) is 17.2. The van der Waals surface area contributed by atoms with Crippen molar-refractivity contribution in [1.29, 1.82) is 0 Å². The summed E-state index contributed by atoms with van der Waals surface area (Å²) in [5, 5.41) is 13.2. The highest BCUT2D eigenvalue weighted by atomic mass is 32.2. The number of aromatic nitrogens is 6. The van der Waals surface area contributed by atoms with E-state index in [4.69, 9.17) is 0 Å². The average molecular weight is 393 g/mol. The molecule has 0 amide bonds. The second-order valence-electron chi connectivity index (χ2n) is 6.51. The summed E-state index contributed by atoms with van der Waals surface area (Å²) in [6.45, 7) is 9.35. The molecule has 3 rings (SSSR count). The number of thioether (sulfide) groups is 1. The number of aromatic amines is 1. The minimum Gasteiger partial charge on any atom is -0.301 e. The Morgan fingerprint density at radius 2 is 2.15 bits per heavy atom. The highest BCUT2D eigenvalue weighted by Gasteiger charge is 2.17. The van der Waals surface area contributed by atoms with Crippen molar-refractivity contribution in [3.8, 4) is 0 Å². The van der Waals surface area contributed by atoms with Crippen LogP contribution in [0.5, 0.6) is 0 Å². The molecule has 0 fully saturated rings. The van der Waals surface area contributed by atoms with Crippen molar-refractivity contribution in [2.45, 2.75) is 64.4 Å². The lowest BCUT2D eigenvalue weighted by molar-refractivity contribution is 0.561. The van der Waals surface area contributed by atoms with E-state index in [1.165, 1.54) is 16.6 Å². The Kier molecular flexibility index (Phi) is 6.08. The predicted octanol–water partition coefficient (Wildman–Crippen LogP) is 3.57. The van der Waals surface area contributed by atoms with Gasteiger partial charge in [0.15, 0.2) is 11.0 Å². The summed E-state index contributed by atoms with van der Waals surface area (Å²) in [5.74, 6) is 1.92. The van der Waals surface area contributed by atoms with Gasteiger partial charge in [0.05, 0.1) is 11.1 Å². The molecule has 3 aromatic rings. The molecule has 0 aliphatic carbocycles. The Balaban J connectivity index is 1.85. The molecule has 0 saturated heterocycles. The van der Waals surface area contributed by atoms with Crippen molar-refractivity contribution in [2.24, 2.45) is 5.92 Å². The van der Waals surface area contributed by atoms with Gasteiger partial charge in [-0.1, -0.05) is 39.0 Å². The molecule has 3 heterocycles. The number of hydrogen-bond acceptors (Lipinski definition) is 7. The zero-order valence-electron chi connectivity index (χ0n) is 15.6. The van der Waals surface area contributed by atoms with Gasteiger partial charge >= 0.3 is 0 Å². The molecular weight excluding hydrogens is 368 g/mol. The third-order valence-electron chi connectivity index (χ3n) is 4.47. The fraction of sp³-hybridized carbons (Fsp3) is 0.588. The molecule has 0 bridgehead atoms. The molecule has 0 aliphatic heterocycles. The number of H-pyrrole nitrogens is 1. The first-order valence-corrected chi connectivity index (χ1v) is 10.7. The molecule has 1 atom stereocenters. The second-order valence-corrected chi connectivity index (χ2v) is 8.68. The van der Waals surface area contributed by atoms with Gasteiger partial charge in [0.2, 0.25) is 0 Å². The minimum atomic E-state index is -0.0479. The van der Waals surface area contributed by atoms with Crippen LogP contribution in [0.1, 0.15) is 49.9 Å². The van der Waals surface area contributed by atoms with Gasteiger partial charge < -0.3 is 4.98 Å². The zero-order chi connectivity index (χ0) is 18.7. The minimum absolute atomic E-state index is 0.0479. The predicted molar refractivity (Wildman–Crippen MR) is 106 cm³/mol. The number of thiophene rings is 1. The maximum Gasteiger partial charge on any atom is 0.260 e. The van der Waals surface area contributed by atoms with Crippen LogP contribution in [0.4, 0.5) is 0 Å². The van der Waals surface area contributed by atoms with Gasteiger partial charge in [-0.15, -0.1) is 16.4 Å². The van der Waals surface area contributed by atoms with Crippen LogP contribution in [-0.2, 0) is 18.7 Å². The van der Waals surface area contributed by atoms with Gasteiger partial charge in [0, 0.05) is 11.4 Å². The van der Waals surface area contributed by atoms with Gasteiger partial charge in [-0.05, 0) is 41.7 Å². The maximum absolute atomic E-state index is 12.7. The van der Waals surface area contributed by atoms with E-state index in [1.54, 1.807) is 16.0 Å². The number of nitrogens with zero attached hydrogens (tertiary/aromatic N) is 5. The summed E-state index contributed by atoms with van der Waals surface area (Å²) in [7, 11) is 0. The molecule has 0 saturated carbocycles. The summed E-state index contributed by atoms with van der Waals surface area (Å²) in [5.41, 5.74) is 1.10. The largest absolute Gasteiger partial charge is 0.301 e. The normalized spacial score (nSPS) is 12.8. The molecule has 0 spiro atoms. The highest BCUT2D eigenvalue weighted by molar-refractivity contribution is 7.98. The third kappa shape index (κ3) is 3.98. The van der Waals surface area contributed by atoms with Gasteiger partial charge in [-0.2, -0.15) is 0 Å². The lowest BCUT2D eigenvalue weighted by atomic mass is 9.98. The van der Waals surface area contributed by atoms with Gasteiger partial charge in [0.25, 0.3) is 5.56 Å². The van der Waals surface area contributed by atoms with E-state index in [9.17, 15) is 4.79 Å². The van der Waals surface area contributed by atoms with E-state index in [2.05, 4.69) is 53.2 Å². The van der Waals surface area contributed by atoms with Crippen LogP contribution in [0.15, 0.2) is 9.95 Å². The van der Waals surface area contributed by atoms with Gasteiger partial charge in [-0.25, -0.2) is 9.67 Å². The lowest BCUT2D eigenvalue weighted by Crippen LogP contribution is -2.11. The van der Waals surface area contributed by atoms with Crippen LogP contribution in [0, 0.1) is 12.8 Å². The van der Waals surface area contributed by atoms with E-state index in [1.807, 2.05) is 0 Å². The Labute approximate surface area is 160 Å². The molecule has 1 N–H and O–H groups in total. The number of aryl methyl sites for hydroxylation is 2. The van der Waals surface area contributed by atoms with E-state index in [0.717, 1.165) is 47.4 Å². The third-order valence-corrected chi connectivity index (χ3v) is 6.38. The van der Waals surface area contributed by atoms with E-state index in [-0.39, 0.29) is 5.56 Å². The summed E-state index contributed by atoms with van der Waals surface area (Å²) < 4.78 is 1.79. The molecule has 0 aliphatic rings. The topological polar surface area (TPSA) is 89.3 Å². The Bertz CT molecular complexity index is 945. The smallest absolute Gasteiger partial charge is 0.260 e. The van der Waals surface area contributed by atoms with Crippen molar-refractivity contribution >= 4 is 33.3 Å². The summed E-state index contributed by atoms with van der Waals surface area (Å²) in [6, 6.07) is 0.